The van der Waals surface area contributed by atoms with Gasteiger partial charge in [-0.1, -0.05) is 249 Å². The van der Waals surface area contributed by atoms with E-state index in [2.05, 4.69) is 276 Å². The van der Waals surface area contributed by atoms with Gasteiger partial charge in [-0.2, -0.15) is 9.97 Å². The molecule has 3 aromatic heterocycles. The number of fused-ring (bicyclic) bond motifs is 8. The molecule has 76 heavy (non-hydrogen) atoms. The second-order valence-corrected chi connectivity index (χ2v) is 27.3. The fourth-order valence-corrected chi connectivity index (χ4v) is 25.0. The summed E-state index contributed by atoms with van der Waals surface area (Å²) in [5.41, 5.74) is 7.23. The second kappa shape index (κ2) is 17.6. The Morgan fingerprint density at radius 2 is 0.632 bits per heavy atom. The highest BCUT2D eigenvalue weighted by Crippen LogP contribution is 2.35. The van der Waals surface area contributed by atoms with Crippen LogP contribution >= 0.6 is 0 Å². The average molecular weight is 1000 g/mol. The molecule has 0 saturated heterocycles. The zero-order valence-electron chi connectivity index (χ0n) is 41.4. The van der Waals surface area contributed by atoms with Crippen LogP contribution in [0.2, 0.25) is 0 Å². The summed E-state index contributed by atoms with van der Waals surface area (Å²) in [6, 6.07) is 105. The van der Waals surface area contributed by atoms with E-state index in [1.807, 2.05) is 18.2 Å². The lowest BCUT2D eigenvalue weighted by Gasteiger charge is -2.48. The first kappa shape index (κ1) is 44.0. The lowest BCUT2D eigenvalue weighted by atomic mass is 10.1. The van der Waals surface area contributed by atoms with E-state index in [-0.39, 0.29) is 0 Å². The van der Waals surface area contributed by atoms with E-state index in [0.717, 1.165) is 49.7 Å². The molecule has 4 heterocycles. The standard InChI is InChI=1S/C69H47N5Si2/c1-5-24-48(25-6-1)67-70-68(72-69(71-67)74-60-38-17-14-34-55(60)56-35-15-18-39-61(56)74)49-26-23-27-50(46-49)73-59-37-16-13-36-57(59)58-45-44-54(47-62(58)73)76(53-32-11-4-12-33-53)65-42-21-19-40-63(65)75(51-28-7-2-8-29-51,52-30-9-3-10-31-52)64-41-20-22-43-66(64)76/h1-47H. The Kier molecular flexibility index (Phi) is 10.2. The minimum absolute atomic E-state index is 0.573. The first-order chi connectivity index (χ1) is 37.7. The third kappa shape index (κ3) is 6.46. The lowest BCUT2D eigenvalue weighted by molar-refractivity contribution is 0.953. The third-order valence-corrected chi connectivity index (χ3v) is 26.2. The van der Waals surface area contributed by atoms with Gasteiger partial charge in [-0.05, 0) is 77.9 Å². The van der Waals surface area contributed by atoms with Crippen molar-refractivity contribution in [1.29, 1.82) is 0 Å². The van der Waals surface area contributed by atoms with Gasteiger partial charge in [0.1, 0.15) is 0 Å². The van der Waals surface area contributed by atoms with Crippen LogP contribution in [0.3, 0.4) is 0 Å². The molecule has 1 aliphatic heterocycles. The predicted octanol–water partition coefficient (Wildman–Crippen LogP) is 10.5. The van der Waals surface area contributed by atoms with Gasteiger partial charge in [0.15, 0.2) is 27.8 Å². The normalized spacial score (nSPS) is 13.5. The maximum absolute atomic E-state index is 5.38. The molecule has 0 fully saturated rings. The van der Waals surface area contributed by atoms with Crippen LogP contribution in [0.5, 0.6) is 0 Å². The highest BCUT2D eigenvalue weighted by atomic mass is 28.3. The zero-order valence-corrected chi connectivity index (χ0v) is 43.4. The number of nitrogens with zero attached hydrogens (tertiary/aromatic N) is 5. The highest BCUT2D eigenvalue weighted by molar-refractivity contribution is 7.33. The molecule has 0 amide bonds. The van der Waals surface area contributed by atoms with Crippen LogP contribution in [0.15, 0.2) is 285 Å². The van der Waals surface area contributed by atoms with Gasteiger partial charge >= 0.3 is 0 Å². The van der Waals surface area contributed by atoms with Gasteiger partial charge < -0.3 is 4.57 Å². The van der Waals surface area contributed by atoms with Gasteiger partial charge in [0.25, 0.3) is 0 Å². The van der Waals surface area contributed by atoms with Crippen molar-refractivity contribution in [3.63, 3.8) is 0 Å². The SMILES string of the molecule is c1ccc(-c2nc(-c3cccc(-n4c5ccccc5c5ccc([Si]6(c7ccccc7)c7ccccc7[Si](c7ccccc7)(c7ccccc7)c7ccccc76)cc54)c3)nc(-n3c4ccccc4c4ccccc43)n2)cc1. The Bertz CT molecular complexity index is 4390. The van der Waals surface area contributed by atoms with Crippen molar-refractivity contribution in [2.24, 2.45) is 0 Å². The number of para-hydroxylation sites is 3. The van der Waals surface area contributed by atoms with E-state index < -0.39 is 16.1 Å². The number of hydrogen-bond acceptors (Lipinski definition) is 3. The van der Waals surface area contributed by atoms with Crippen molar-refractivity contribution in [3.8, 4) is 34.4 Å². The van der Waals surface area contributed by atoms with Crippen LogP contribution in [0.1, 0.15) is 0 Å². The van der Waals surface area contributed by atoms with E-state index in [0.29, 0.717) is 17.6 Å². The summed E-state index contributed by atoms with van der Waals surface area (Å²) < 4.78 is 4.65. The topological polar surface area (TPSA) is 48.5 Å². The molecular formula is C69H47N5Si2. The molecule has 356 valence electrons. The molecule has 0 saturated carbocycles. The summed E-state index contributed by atoms with van der Waals surface area (Å²) in [5, 5.41) is 16.0. The van der Waals surface area contributed by atoms with E-state index in [1.165, 1.54) is 52.3 Å². The summed E-state index contributed by atoms with van der Waals surface area (Å²) >= 11 is 0. The van der Waals surface area contributed by atoms with Crippen LogP contribution < -0.4 is 41.5 Å². The summed E-state index contributed by atoms with van der Waals surface area (Å²) in [6.07, 6.45) is 0. The average Bonchev–Trinajstić information content (AvgIpc) is 4.11. The van der Waals surface area contributed by atoms with Crippen LogP contribution in [-0.2, 0) is 0 Å². The fraction of sp³-hybridized carbons (Fsp3) is 0. The van der Waals surface area contributed by atoms with E-state index >= 15 is 0 Å². The fourth-order valence-electron chi connectivity index (χ4n) is 12.9. The van der Waals surface area contributed by atoms with E-state index in [9.17, 15) is 0 Å². The van der Waals surface area contributed by atoms with Crippen LogP contribution in [0, 0.1) is 0 Å². The molecule has 0 atom stereocenters. The summed E-state index contributed by atoms with van der Waals surface area (Å²) in [4.78, 5) is 15.9. The predicted molar refractivity (Wildman–Crippen MR) is 320 cm³/mol. The molecule has 0 unspecified atom stereocenters. The van der Waals surface area contributed by atoms with Crippen molar-refractivity contribution >= 4 is 101 Å². The van der Waals surface area contributed by atoms with Crippen molar-refractivity contribution in [1.82, 2.24) is 24.1 Å². The summed E-state index contributed by atoms with van der Waals surface area (Å²) in [5.74, 6) is 1.79. The van der Waals surface area contributed by atoms with Gasteiger partial charge in [0, 0.05) is 38.4 Å². The molecule has 0 spiro atoms. The minimum Gasteiger partial charge on any atom is -0.309 e. The molecule has 7 heteroatoms. The van der Waals surface area contributed by atoms with E-state index in [4.69, 9.17) is 15.0 Å². The van der Waals surface area contributed by atoms with Gasteiger partial charge in [-0.25, -0.2) is 4.98 Å². The smallest absolute Gasteiger partial charge is 0.238 e. The number of benzene rings is 11. The Balaban J connectivity index is 0.981. The molecular weight excluding hydrogens is 955 g/mol. The molecule has 0 N–H and O–H groups in total. The Morgan fingerprint density at radius 1 is 0.250 bits per heavy atom. The molecule has 0 bridgehead atoms. The first-order valence-corrected chi connectivity index (χ1v) is 30.0. The summed E-state index contributed by atoms with van der Waals surface area (Å²) in [7, 11) is -5.98. The van der Waals surface area contributed by atoms with Gasteiger partial charge in [0.05, 0.1) is 22.1 Å². The third-order valence-electron chi connectivity index (χ3n) is 16.0. The van der Waals surface area contributed by atoms with Crippen LogP contribution in [0.4, 0.5) is 0 Å². The maximum atomic E-state index is 5.38. The Labute approximate surface area is 442 Å². The highest BCUT2D eigenvalue weighted by Gasteiger charge is 2.56. The largest absolute Gasteiger partial charge is 0.309 e. The molecule has 14 aromatic rings. The van der Waals surface area contributed by atoms with Crippen LogP contribution in [0.25, 0.3) is 78.0 Å². The quantitative estimate of drug-likeness (QED) is 0.143. The first-order valence-electron chi connectivity index (χ1n) is 26.0. The van der Waals surface area contributed by atoms with Crippen molar-refractivity contribution in [2.75, 3.05) is 0 Å². The molecule has 1 aliphatic rings. The van der Waals surface area contributed by atoms with Gasteiger partial charge in [0.2, 0.25) is 5.95 Å². The second-order valence-electron chi connectivity index (χ2n) is 19.8. The van der Waals surface area contributed by atoms with Gasteiger partial charge in [-0.15, -0.1) is 0 Å². The Hall–Kier alpha value is -9.54. The van der Waals surface area contributed by atoms with Gasteiger partial charge in [-0.3, -0.25) is 4.57 Å². The lowest BCUT2D eigenvalue weighted by Crippen LogP contribution is -2.93. The molecule has 5 nitrogen and oxygen atoms in total. The molecule has 0 radical (unpaired) electrons. The van der Waals surface area contributed by atoms with Crippen molar-refractivity contribution in [2.45, 2.75) is 0 Å². The minimum atomic E-state index is -3.10. The molecule has 11 aromatic carbocycles. The monoisotopic (exact) mass is 1000 g/mol. The van der Waals surface area contributed by atoms with Crippen molar-refractivity contribution in [3.05, 3.63) is 285 Å². The Morgan fingerprint density at radius 3 is 1.13 bits per heavy atom. The molecule has 15 rings (SSSR count). The number of rotatable bonds is 8. The molecule has 0 aliphatic carbocycles. The summed E-state index contributed by atoms with van der Waals surface area (Å²) in [6.45, 7) is 0. The van der Waals surface area contributed by atoms with E-state index in [1.54, 1.807) is 0 Å². The number of aromatic nitrogens is 5. The van der Waals surface area contributed by atoms with Crippen molar-refractivity contribution < 1.29 is 0 Å². The number of hydrogen-bond donors (Lipinski definition) is 0. The maximum Gasteiger partial charge on any atom is 0.238 e. The zero-order chi connectivity index (χ0) is 50.2. The van der Waals surface area contributed by atoms with Crippen LogP contribution in [-0.4, -0.2) is 40.2 Å².